The van der Waals surface area contributed by atoms with Gasteiger partial charge in [0.25, 0.3) is 0 Å². The third-order valence-corrected chi connectivity index (χ3v) is 5.83. The molecule has 9 nitrogen and oxygen atoms in total. The first kappa shape index (κ1) is 24.0. The molecule has 0 amide bonds. The summed E-state index contributed by atoms with van der Waals surface area (Å²) in [4.78, 5) is 19.4. The molecule has 2 aromatic carbocycles. The molecule has 2 aromatic heterocycles. The third-order valence-electron chi connectivity index (χ3n) is 5.26. The number of benzene rings is 2. The van der Waals surface area contributed by atoms with Crippen molar-refractivity contribution in [2.24, 2.45) is 0 Å². The Kier molecular flexibility index (Phi) is 7.15. The monoisotopic (exact) mass is 508 g/mol. The highest BCUT2D eigenvalue weighted by Gasteiger charge is 2.25. The minimum atomic E-state index is -0.613. The molecule has 0 fully saturated rings. The van der Waals surface area contributed by atoms with Gasteiger partial charge in [-0.2, -0.15) is 5.26 Å². The normalized spacial score (nSPS) is 11.5. The average Bonchev–Trinajstić information content (AvgIpc) is 3.36. The fourth-order valence-corrected chi connectivity index (χ4v) is 3.92. The van der Waals surface area contributed by atoms with Gasteiger partial charge < -0.3 is 15.1 Å². The molecule has 0 aliphatic carbocycles. The highest BCUT2D eigenvalue weighted by atomic mass is 35.5. The molecule has 0 aliphatic heterocycles. The second-order valence-electron chi connectivity index (χ2n) is 7.54. The lowest BCUT2D eigenvalue weighted by molar-refractivity contribution is -0.383. The Morgan fingerprint density at radius 2 is 1.91 bits per heavy atom. The van der Waals surface area contributed by atoms with Gasteiger partial charge in [-0.25, -0.2) is 9.97 Å². The summed E-state index contributed by atoms with van der Waals surface area (Å²) in [7, 11) is 0. The molecular formula is C24H18Cl2N6O3. The van der Waals surface area contributed by atoms with Crippen LogP contribution in [-0.2, 0) is 6.54 Å². The van der Waals surface area contributed by atoms with Gasteiger partial charge in [0.1, 0.15) is 12.1 Å². The number of rotatable bonds is 8. The lowest BCUT2D eigenvalue weighted by atomic mass is 9.91. The standard InChI is InChI=1S/C24H18Cl2N6O3/c1-14-9-18(19(11-27)15-4-6-16(25)7-5-15)20(26)10-21(14)31-24-22(32(33)34)23(29-13-30-24)28-12-17-3-2-8-35-17/h2-10,13,19H,12H2,1H3,(H2,28,29,30,31). The molecule has 0 aliphatic rings. The fourth-order valence-electron chi connectivity index (χ4n) is 3.52. The van der Waals surface area contributed by atoms with E-state index in [-0.39, 0.29) is 23.9 Å². The summed E-state index contributed by atoms with van der Waals surface area (Å²) < 4.78 is 5.25. The first-order valence-corrected chi connectivity index (χ1v) is 11.1. The number of nitrogens with zero attached hydrogens (tertiary/aromatic N) is 4. The predicted molar refractivity (Wildman–Crippen MR) is 133 cm³/mol. The van der Waals surface area contributed by atoms with Crippen LogP contribution in [0, 0.1) is 28.4 Å². The first-order valence-electron chi connectivity index (χ1n) is 10.3. The number of nitro groups is 1. The van der Waals surface area contributed by atoms with Crippen molar-refractivity contribution in [1.29, 1.82) is 5.26 Å². The highest BCUT2D eigenvalue weighted by molar-refractivity contribution is 6.32. The van der Waals surface area contributed by atoms with Crippen LogP contribution in [0.5, 0.6) is 0 Å². The van der Waals surface area contributed by atoms with Crippen molar-refractivity contribution in [2.45, 2.75) is 19.4 Å². The molecular weight excluding hydrogens is 491 g/mol. The molecule has 1 atom stereocenters. The summed E-state index contributed by atoms with van der Waals surface area (Å²) in [5, 5.41) is 28.5. The number of halogens is 2. The number of furan rings is 1. The van der Waals surface area contributed by atoms with Gasteiger partial charge >= 0.3 is 5.69 Å². The Hall–Kier alpha value is -4.13. The lowest BCUT2D eigenvalue weighted by Gasteiger charge is -2.16. The summed E-state index contributed by atoms with van der Waals surface area (Å²) in [5.41, 5.74) is 2.26. The van der Waals surface area contributed by atoms with Crippen LogP contribution in [0.2, 0.25) is 10.0 Å². The van der Waals surface area contributed by atoms with Gasteiger partial charge in [0.2, 0.25) is 11.6 Å². The molecule has 0 radical (unpaired) electrons. The molecule has 0 bridgehead atoms. The van der Waals surface area contributed by atoms with Gasteiger partial charge in [0.15, 0.2) is 0 Å². The van der Waals surface area contributed by atoms with Crippen LogP contribution in [0.1, 0.15) is 28.4 Å². The minimum absolute atomic E-state index is 0.00611. The molecule has 0 saturated heterocycles. The van der Waals surface area contributed by atoms with Crippen LogP contribution in [0.15, 0.2) is 65.5 Å². The fraction of sp³-hybridized carbons (Fsp3) is 0.125. The van der Waals surface area contributed by atoms with Crippen molar-refractivity contribution in [2.75, 3.05) is 10.6 Å². The molecule has 4 rings (SSSR count). The Labute approximate surface area is 210 Å². The van der Waals surface area contributed by atoms with Crippen molar-refractivity contribution in [3.05, 3.63) is 104 Å². The number of anilines is 3. The van der Waals surface area contributed by atoms with E-state index in [2.05, 4.69) is 26.7 Å². The molecule has 2 heterocycles. The summed E-state index contributed by atoms with van der Waals surface area (Å²) in [6, 6.07) is 16.1. The zero-order valence-corrected chi connectivity index (χ0v) is 19.8. The van der Waals surface area contributed by atoms with E-state index in [1.54, 1.807) is 48.5 Å². The molecule has 11 heteroatoms. The van der Waals surface area contributed by atoms with E-state index in [0.717, 1.165) is 11.1 Å². The molecule has 2 N–H and O–H groups in total. The van der Waals surface area contributed by atoms with Crippen molar-refractivity contribution in [3.63, 3.8) is 0 Å². The zero-order chi connectivity index (χ0) is 24.9. The van der Waals surface area contributed by atoms with Crippen molar-refractivity contribution >= 4 is 46.2 Å². The van der Waals surface area contributed by atoms with Crippen molar-refractivity contribution in [1.82, 2.24) is 9.97 Å². The molecule has 35 heavy (non-hydrogen) atoms. The van der Waals surface area contributed by atoms with Crippen LogP contribution in [0.4, 0.5) is 23.0 Å². The SMILES string of the molecule is Cc1cc(C(C#N)c2ccc(Cl)cc2)c(Cl)cc1Nc1ncnc(NCc2ccco2)c1[N+](=O)[O-]. The van der Waals surface area contributed by atoms with Crippen LogP contribution in [0.25, 0.3) is 0 Å². The maximum atomic E-state index is 11.9. The second-order valence-corrected chi connectivity index (χ2v) is 8.38. The summed E-state index contributed by atoms with van der Waals surface area (Å²) in [6.07, 6.45) is 2.73. The van der Waals surface area contributed by atoms with E-state index < -0.39 is 10.8 Å². The van der Waals surface area contributed by atoms with E-state index in [9.17, 15) is 15.4 Å². The predicted octanol–water partition coefficient (Wildman–Crippen LogP) is 6.60. The van der Waals surface area contributed by atoms with Crippen LogP contribution >= 0.6 is 23.2 Å². The van der Waals surface area contributed by atoms with Crippen molar-refractivity contribution < 1.29 is 9.34 Å². The Morgan fingerprint density at radius 1 is 1.17 bits per heavy atom. The van der Waals surface area contributed by atoms with Crippen LogP contribution in [-0.4, -0.2) is 14.9 Å². The van der Waals surface area contributed by atoms with Gasteiger partial charge in [-0.15, -0.1) is 0 Å². The summed E-state index contributed by atoms with van der Waals surface area (Å²) in [5.74, 6) is 0.0154. The first-order chi connectivity index (χ1) is 16.9. The number of hydrogen-bond acceptors (Lipinski definition) is 8. The van der Waals surface area contributed by atoms with Gasteiger partial charge in [-0.05, 0) is 53.9 Å². The average molecular weight is 509 g/mol. The molecule has 0 saturated carbocycles. The van der Waals surface area contributed by atoms with Crippen LogP contribution < -0.4 is 10.6 Å². The molecule has 176 valence electrons. The number of nitriles is 1. The van der Waals surface area contributed by atoms with E-state index in [1.165, 1.54) is 12.6 Å². The molecule has 0 spiro atoms. The maximum Gasteiger partial charge on any atom is 0.353 e. The lowest BCUT2D eigenvalue weighted by Crippen LogP contribution is -2.08. The zero-order valence-electron chi connectivity index (χ0n) is 18.3. The summed E-state index contributed by atoms with van der Waals surface area (Å²) >= 11 is 12.5. The number of hydrogen-bond donors (Lipinski definition) is 2. The number of aryl methyl sites for hydroxylation is 1. The van der Waals surface area contributed by atoms with Gasteiger partial charge in [-0.3, -0.25) is 10.1 Å². The number of aromatic nitrogens is 2. The molecule has 4 aromatic rings. The van der Waals surface area contributed by atoms with Gasteiger partial charge in [0, 0.05) is 15.7 Å². The van der Waals surface area contributed by atoms with Gasteiger partial charge in [-0.1, -0.05) is 41.4 Å². The van der Waals surface area contributed by atoms with E-state index in [1.807, 2.05) is 6.92 Å². The number of nitrogens with one attached hydrogen (secondary N) is 2. The highest BCUT2D eigenvalue weighted by Crippen LogP contribution is 2.37. The Bertz CT molecular complexity index is 1400. The third kappa shape index (κ3) is 5.35. The van der Waals surface area contributed by atoms with Gasteiger partial charge in [0.05, 0.1) is 29.7 Å². The topological polar surface area (TPSA) is 130 Å². The molecule has 1 unspecified atom stereocenters. The largest absolute Gasteiger partial charge is 0.467 e. The van der Waals surface area contributed by atoms with E-state index >= 15 is 0 Å². The van der Waals surface area contributed by atoms with Crippen molar-refractivity contribution in [3.8, 4) is 6.07 Å². The smallest absolute Gasteiger partial charge is 0.353 e. The van der Waals surface area contributed by atoms with E-state index in [0.29, 0.717) is 27.1 Å². The van der Waals surface area contributed by atoms with E-state index in [4.69, 9.17) is 27.6 Å². The Balaban J connectivity index is 1.64. The quantitative estimate of drug-likeness (QED) is 0.201. The Morgan fingerprint density at radius 3 is 2.57 bits per heavy atom. The minimum Gasteiger partial charge on any atom is -0.467 e. The maximum absolute atomic E-state index is 11.9. The summed E-state index contributed by atoms with van der Waals surface area (Å²) in [6.45, 7) is 2.02. The second kappa shape index (κ2) is 10.4. The van der Waals surface area contributed by atoms with Crippen LogP contribution in [0.3, 0.4) is 0 Å².